The number of thioether (sulfide) groups is 1. The fourth-order valence-electron chi connectivity index (χ4n) is 2.27. The molecule has 2 rings (SSSR count). The van der Waals surface area contributed by atoms with Gasteiger partial charge in [0.25, 0.3) is 0 Å². The van der Waals surface area contributed by atoms with Crippen molar-refractivity contribution in [2.75, 3.05) is 38.8 Å². The second kappa shape index (κ2) is 7.93. The third-order valence-electron chi connectivity index (χ3n) is 3.50. The summed E-state index contributed by atoms with van der Waals surface area (Å²) in [7, 11) is 2.92. The zero-order valence-corrected chi connectivity index (χ0v) is 13.5. The lowest BCUT2D eigenvalue weighted by Crippen LogP contribution is -2.47. The lowest BCUT2D eigenvalue weighted by molar-refractivity contribution is -0.139. The number of amides is 2. The van der Waals surface area contributed by atoms with Crippen molar-refractivity contribution in [1.29, 1.82) is 0 Å². The molecule has 1 aliphatic rings. The summed E-state index contributed by atoms with van der Waals surface area (Å²) in [5.41, 5.74) is 1.06. The summed E-state index contributed by atoms with van der Waals surface area (Å²) in [6.07, 6.45) is 0. The Labute approximate surface area is 134 Å². The van der Waals surface area contributed by atoms with Crippen molar-refractivity contribution in [3.63, 3.8) is 0 Å². The number of hydrogen-bond donors (Lipinski definition) is 1. The Hall–Kier alpha value is -1.89. The number of rotatable bonds is 4. The van der Waals surface area contributed by atoms with Gasteiger partial charge >= 0.3 is 12.0 Å². The van der Waals surface area contributed by atoms with E-state index in [1.165, 1.54) is 7.11 Å². The molecule has 0 saturated carbocycles. The first-order chi connectivity index (χ1) is 10.7. The van der Waals surface area contributed by atoms with Gasteiger partial charge in [-0.05, 0) is 17.7 Å². The second-order valence-electron chi connectivity index (χ2n) is 4.79. The molecule has 1 N–H and O–H groups in total. The first kappa shape index (κ1) is 16.5. The summed E-state index contributed by atoms with van der Waals surface area (Å²) in [5, 5.41) is 2.60. The van der Waals surface area contributed by atoms with Crippen LogP contribution in [-0.4, -0.2) is 55.7 Å². The first-order valence-corrected chi connectivity index (χ1v) is 8.14. The molecule has 0 aliphatic carbocycles. The van der Waals surface area contributed by atoms with Crippen molar-refractivity contribution in [3.05, 3.63) is 29.8 Å². The van der Waals surface area contributed by atoms with Crippen LogP contribution in [0.4, 0.5) is 4.79 Å². The van der Waals surface area contributed by atoms with Crippen molar-refractivity contribution in [2.24, 2.45) is 0 Å². The molecule has 7 heteroatoms. The summed E-state index contributed by atoms with van der Waals surface area (Å²) in [6, 6.07) is 7.46. The van der Waals surface area contributed by atoms with Crippen LogP contribution in [0.1, 0.15) is 11.6 Å². The normalized spacial score (nSPS) is 17.7. The fourth-order valence-corrected chi connectivity index (χ4v) is 3.36. The minimum Gasteiger partial charge on any atom is -0.497 e. The molecule has 2 amide bonds. The molecule has 0 bridgehead atoms. The third kappa shape index (κ3) is 4.07. The third-order valence-corrected chi connectivity index (χ3v) is 4.52. The number of esters is 1. The van der Waals surface area contributed by atoms with Gasteiger partial charge in [0.15, 0.2) is 0 Å². The summed E-state index contributed by atoms with van der Waals surface area (Å²) in [5.74, 6) is 2.05. The minimum absolute atomic E-state index is 0.0118. The lowest BCUT2D eigenvalue weighted by Gasteiger charge is -2.35. The van der Waals surface area contributed by atoms with Gasteiger partial charge in [0, 0.05) is 18.1 Å². The summed E-state index contributed by atoms with van der Waals surface area (Å²) >= 11 is 1.81. The van der Waals surface area contributed by atoms with E-state index in [2.05, 4.69) is 10.1 Å². The van der Waals surface area contributed by atoms with Crippen molar-refractivity contribution < 1.29 is 19.1 Å². The number of carbonyl (C=O) groups excluding carboxylic acids is 2. The number of nitrogens with one attached hydrogen (secondary N) is 1. The molecule has 1 aliphatic heterocycles. The standard InChI is InChI=1S/C15H20N2O4S/c1-20-12-5-3-11(4-6-12)13-10-22-8-7-17(13)15(19)16-9-14(18)21-2/h3-6,13H,7-10H2,1-2H3,(H,16,19). The molecule has 1 saturated heterocycles. The Morgan fingerprint density at radius 2 is 2.05 bits per heavy atom. The van der Waals surface area contributed by atoms with Crippen molar-refractivity contribution in [2.45, 2.75) is 6.04 Å². The van der Waals surface area contributed by atoms with Gasteiger partial charge in [-0.25, -0.2) is 4.79 Å². The highest BCUT2D eigenvalue weighted by atomic mass is 32.2. The molecule has 1 atom stereocenters. The van der Waals surface area contributed by atoms with Crippen LogP contribution in [0, 0.1) is 0 Å². The zero-order chi connectivity index (χ0) is 15.9. The van der Waals surface area contributed by atoms with Gasteiger partial charge < -0.3 is 19.7 Å². The Bertz CT molecular complexity index is 521. The van der Waals surface area contributed by atoms with Gasteiger partial charge in [-0.1, -0.05) is 12.1 Å². The second-order valence-corrected chi connectivity index (χ2v) is 5.94. The zero-order valence-electron chi connectivity index (χ0n) is 12.7. The molecule has 1 fully saturated rings. The number of urea groups is 1. The van der Waals surface area contributed by atoms with E-state index < -0.39 is 5.97 Å². The van der Waals surface area contributed by atoms with Gasteiger partial charge in [-0.3, -0.25) is 4.79 Å². The SMILES string of the molecule is COC(=O)CNC(=O)N1CCSCC1c1ccc(OC)cc1. The molecule has 120 valence electrons. The van der Waals surface area contributed by atoms with E-state index in [0.29, 0.717) is 6.54 Å². The van der Waals surface area contributed by atoms with E-state index in [1.807, 2.05) is 36.0 Å². The maximum Gasteiger partial charge on any atom is 0.325 e. The van der Waals surface area contributed by atoms with Crippen LogP contribution in [-0.2, 0) is 9.53 Å². The number of ether oxygens (including phenoxy) is 2. The van der Waals surface area contributed by atoms with E-state index in [0.717, 1.165) is 22.8 Å². The van der Waals surface area contributed by atoms with Gasteiger partial charge in [0.05, 0.1) is 20.3 Å². The Balaban J connectivity index is 2.06. The molecular formula is C15H20N2O4S. The average molecular weight is 324 g/mol. The highest BCUT2D eigenvalue weighted by Crippen LogP contribution is 2.30. The van der Waals surface area contributed by atoms with Crippen molar-refractivity contribution in [3.8, 4) is 5.75 Å². The molecule has 0 radical (unpaired) electrons. The highest BCUT2D eigenvalue weighted by Gasteiger charge is 2.28. The number of benzene rings is 1. The van der Waals surface area contributed by atoms with E-state index in [1.54, 1.807) is 12.0 Å². The van der Waals surface area contributed by atoms with Gasteiger partial charge in [-0.2, -0.15) is 11.8 Å². The smallest absolute Gasteiger partial charge is 0.325 e. The molecule has 6 nitrogen and oxygen atoms in total. The molecule has 1 aromatic carbocycles. The first-order valence-electron chi connectivity index (χ1n) is 6.98. The minimum atomic E-state index is -0.458. The number of methoxy groups -OCH3 is 2. The number of nitrogens with zero attached hydrogens (tertiary/aromatic N) is 1. The van der Waals surface area contributed by atoms with Crippen LogP contribution in [0.15, 0.2) is 24.3 Å². The molecule has 22 heavy (non-hydrogen) atoms. The Morgan fingerprint density at radius 3 is 2.68 bits per heavy atom. The molecule has 1 aromatic rings. The largest absolute Gasteiger partial charge is 0.497 e. The van der Waals surface area contributed by atoms with Crippen LogP contribution >= 0.6 is 11.8 Å². The molecule has 1 unspecified atom stereocenters. The van der Waals surface area contributed by atoms with Crippen LogP contribution in [0.5, 0.6) is 5.75 Å². The van der Waals surface area contributed by atoms with Gasteiger partial charge in [-0.15, -0.1) is 0 Å². The van der Waals surface area contributed by atoms with Crippen LogP contribution in [0.25, 0.3) is 0 Å². The van der Waals surface area contributed by atoms with E-state index in [-0.39, 0.29) is 18.6 Å². The van der Waals surface area contributed by atoms with E-state index in [4.69, 9.17) is 4.74 Å². The van der Waals surface area contributed by atoms with Crippen LogP contribution < -0.4 is 10.1 Å². The molecule has 0 aromatic heterocycles. The number of carbonyl (C=O) groups is 2. The molecule has 1 heterocycles. The Kier molecular flexibility index (Phi) is 5.94. The lowest BCUT2D eigenvalue weighted by atomic mass is 10.1. The van der Waals surface area contributed by atoms with Crippen LogP contribution in [0.3, 0.4) is 0 Å². The fraction of sp³-hybridized carbons (Fsp3) is 0.467. The summed E-state index contributed by atoms with van der Waals surface area (Å²) < 4.78 is 9.69. The van der Waals surface area contributed by atoms with Crippen molar-refractivity contribution >= 4 is 23.8 Å². The van der Waals surface area contributed by atoms with E-state index >= 15 is 0 Å². The highest BCUT2D eigenvalue weighted by molar-refractivity contribution is 7.99. The predicted molar refractivity (Wildman–Crippen MR) is 85.2 cm³/mol. The van der Waals surface area contributed by atoms with Gasteiger partial charge in [0.2, 0.25) is 0 Å². The summed E-state index contributed by atoms with van der Waals surface area (Å²) in [6.45, 7) is 0.530. The maximum absolute atomic E-state index is 12.3. The quantitative estimate of drug-likeness (QED) is 0.853. The van der Waals surface area contributed by atoms with Crippen molar-refractivity contribution in [1.82, 2.24) is 10.2 Å². The average Bonchev–Trinajstić information content (AvgIpc) is 2.59. The molecular weight excluding hydrogens is 304 g/mol. The van der Waals surface area contributed by atoms with E-state index in [9.17, 15) is 9.59 Å². The monoisotopic (exact) mass is 324 g/mol. The maximum atomic E-state index is 12.3. The predicted octanol–water partition coefficient (Wildman–Crippen LogP) is 1.67. The van der Waals surface area contributed by atoms with Gasteiger partial charge in [0.1, 0.15) is 12.3 Å². The molecule has 0 spiro atoms. The number of hydrogen-bond acceptors (Lipinski definition) is 5. The van der Waals surface area contributed by atoms with Crippen LogP contribution in [0.2, 0.25) is 0 Å². The topological polar surface area (TPSA) is 67.9 Å². The Morgan fingerprint density at radius 1 is 1.32 bits per heavy atom. The summed E-state index contributed by atoms with van der Waals surface area (Å²) in [4.78, 5) is 25.2.